The minimum absolute atomic E-state index is 0.0404. The zero-order valence-electron chi connectivity index (χ0n) is 27.7. The maximum absolute atomic E-state index is 13.5. The van der Waals surface area contributed by atoms with Gasteiger partial charge in [0, 0.05) is 17.9 Å². The molecule has 0 aromatic heterocycles. The van der Waals surface area contributed by atoms with E-state index in [4.69, 9.17) is 0 Å². The van der Waals surface area contributed by atoms with E-state index in [1.54, 1.807) is 5.57 Å². The van der Waals surface area contributed by atoms with Gasteiger partial charge in [-0.25, -0.2) is 0 Å². The van der Waals surface area contributed by atoms with Crippen LogP contribution in [0.4, 0.5) is 0 Å². The third-order valence-electron chi connectivity index (χ3n) is 9.79. The van der Waals surface area contributed by atoms with Crippen molar-refractivity contribution < 1.29 is 14.4 Å². The highest BCUT2D eigenvalue weighted by Gasteiger charge is 2.34. The van der Waals surface area contributed by atoms with Gasteiger partial charge in [0.1, 0.15) is 11.6 Å². The first kappa shape index (κ1) is 34.2. The fourth-order valence-corrected chi connectivity index (χ4v) is 7.84. The molecule has 1 saturated carbocycles. The van der Waals surface area contributed by atoms with E-state index >= 15 is 0 Å². The van der Waals surface area contributed by atoms with Crippen molar-refractivity contribution in [3.8, 4) is 0 Å². The van der Waals surface area contributed by atoms with Gasteiger partial charge in [-0.05, 0) is 92.4 Å². The topological polar surface area (TPSA) is 51.2 Å². The standard InChI is InChI=1S/C36H50O3.C3H8/c1-5-10-29(31(6-2)34(38)19-25(4)37)21-28-22-33-32(18-13-24(3)36(33)35(39)23-28)30-17-16-27(20-30)15-14-26-11-8-7-9-12-26;1-3-2/h13,16-18,26,28-29,31H,5-12,14-15,19-23H2,1-4H3;3H2,1-2H3. The second kappa shape index (κ2) is 17.1. The number of hydrogen-bond donors (Lipinski definition) is 0. The Morgan fingerprint density at radius 1 is 0.952 bits per heavy atom. The summed E-state index contributed by atoms with van der Waals surface area (Å²) in [4.78, 5) is 38.2. The van der Waals surface area contributed by atoms with E-state index in [0.717, 1.165) is 55.6 Å². The van der Waals surface area contributed by atoms with Crippen LogP contribution in [0, 0.1) is 30.6 Å². The first-order valence-corrected chi connectivity index (χ1v) is 17.3. The van der Waals surface area contributed by atoms with Gasteiger partial charge >= 0.3 is 0 Å². The second-order valence-electron chi connectivity index (χ2n) is 13.6. The van der Waals surface area contributed by atoms with E-state index in [2.05, 4.69) is 58.9 Å². The molecule has 0 saturated heterocycles. The molecule has 3 aliphatic rings. The van der Waals surface area contributed by atoms with Gasteiger partial charge in [-0.3, -0.25) is 14.4 Å². The molecule has 0 N–H and O–H groups in total. The molecule has 3 aliphatic carbocycles. The molecule has 0 amide bonds. The lowest BCUT2D eigenvalue weighted by molar-refractivity contribution is -0.129. The maximum Gasteiger partial charge on any atom is 0.163 e. The predicted octanol–water partition coefficient (Wildman–Crippen LogP) is 10.6. The summed E-state index contributed by atoms with van der Waals surface area (Å²) in [6, 6.07) is 4.39. The lowest BCUT2D eigenvalue weighted by atomic mass is 9.71. The van der Waals surface area contributed by atoms with Gasteiger partial charge in [0.2, 0.25) is 0 Å². The minimum Gasteiger partial charge on any atom is -0.300 e. The number of carbonyl (C=O) groups is 3. The molecule has 0 heterocycles. The van der Waals surface area contributed by atoms with Crippen LogP contribution in [0.15, 0.2) is 29.9 Å². The monoisotopic (exact) mass is 574 g/mol. The largest absolute Gasteiger partial charge is 0.300 e. The second-order valence-corrected chi connectivity index (χ2v) is 13.6. The Hall–Kier alpha value is -2.29. The molecule has 3 heteroatoms. The van der Waals surface area contributed by atoms with Crippen molar-refractivity contribution in [1.82, 2.24) is 0 Å². The van der Waals surface area contributed by atoms with E-state index in [0.29, 0.717) is 6.42 Å². The zero-order chi connectivity index (χ0) is 30.6. The summed E-state index contributed by atoms with van der Waals surface area (Å²) in [7, 11) is 0. The molecule has 4 rings (SSSR count). The molecule has 0 aliphatic heterocycles. The Kier molecular flexibility index (Phi) is 13.9. The molecule has 232 valence electrons. The lowest BCUT2D eigenvalue weighted by Crippen LogP contribution is -2.30. The van der Waals surface area contributed by atoms with Crippen LogP contribution in [-0.2, 0) is 16.0 Å². The highest BCUT2D eigenvalue weighted by Crippen LogP contribution is 2.41. The highest BCUT2D eigenvalue weighted by molar-refractivity contribution is 6.01. The van der Waals surface area contributed by atoms with Crippen LogP contribution >= 0.6 is 0 Å². The Labute approximate surface area is 257 Å². The number of ketones is 3. The van der Waals surface area contributed by atoms with Gasteiger partial charge < -0.3 is 0 Å². The van der Waals surface area contributed by atoms with Crippen LogP contribution in [0.5, 0.6) is 0 Å². The Bertz CT molecular complexity index is 1130. The smallest absolute Gasteiger partial charge is 0.163 e. The summed E-state index contributed by atoms with van der Waals surface area (Å²) in [6.07, 6.45) is 21.6. The van der Waals surface area contributed by atoms with Gasteiger partial charge in [-0.1, -0.05) is 109 Å². The van der Waals surface area contributed by atoms with Gasteiger partial charge in [0.15, 0.2) is 5.78 Å². The molecule has 1 aromatic carbocycles. The highest BCUT2D eigenvalue weighted by atomic mass is 16.1. The van der Waals surface area contributed by atoms with Gasteiger partial charge in [-0.2, -0.15) is 0 Å². The Morgan fingerprint density at radius 3 is 2.31 bits per heavy atom. The summed E-state index contributed by atoms with van der Waals surface area (Å²) >= 11 is 0. The van der Waals surface area contributed by atoms with Crippen LogP contribution in [0.1, 0.15) is 158 Å². The molecule has 42 heavy (non-hydrogen) atoms. The first-order chi connectivity index (χ1) is 20.2. The Balaban J connectivity index is 0.00000155. The normalized spacial score (nSPS) is 20.1. The first-order valence-electron chi connectivity index (χ1n) is 17.3. The van der Waals surface area contributed by atoms with E-state index < -0.39 is 0 Å². The van der Waals surface area contributed by atoms with Crippen molar-refractivity contribution in [3.63, 3.8) is 0 Å². The number of benzene rings is 1. The van der Waals surface area contributed by atoms with E-state index in [1.807, 2.05) is 0 Å². The molecular formula is C39H58O3. The summed E-state index contributed by atoms with van der Waals surface area (Å²) in [5.41, 5.74) is 7.46. The number of carbonyl (C=O) groups excluding carboxylic acids is 3. The van der Waals surface area contributed by atoms with Crippen molar-refractivity contribution in [2.45, 2.75) is 144 Å². The zero-order valence-corrected chi connectivity index (χ0v) is 27.7. The van der Waals surface area contributed by atoms with Gasteiger partial charge in [-0.15, -0.1) is 0 Å². The third kappa shape index (κ3) is 9.35. The number of fused-ring (bicyclic) bond motifs is 1. The molecule has 3 nitrogen and oxygen atoms in total. The lowest BCUT2D eigenvalue weighted by Gasteiger charge is -2.32. The molecule has 0 radical (unpaired) electrons. The van der Waals surface area contributed by atoms with E-state index in [1.165, 1.54) is 75.0 Å². The number of aryl methyl sites for hydroxylation is 1. The van der Waals surface area contributed by atoms with Crippen LogP contribution < -0.4 is 0 Å². The number of allylic oxidation sites excluding steroid dienone is 4. The average Bonchev–Trinajstić information content (AvgIpc) is 3.42. The average molecular weight is 575 g/mol. The predicted molar refractivity (Wildman–Crippen MR) is 177 cm³/mol. The fraction of sp³-hybridized carbons (Fsp3) is 0.667. The van der Waals surface area contributed by atoms with Crippen molar-refractivity contribution in [2.24, 2.45) is 23.7 Å². The van der Waals surface area contributed by atoms with Crippen molar-refractivity contribution in [2.75, 3.05) is 0 Å². The summed E-state index contributed by atoms with van der Waals surface area (Å²) < 4.78 is 0. The number of rotatable bonds is 13. The third-order valence-corrected chi connectivity index (χ3v) is 9.79. The minimum atomic E-state index is -0.0872. The number of Topliss-reactive ketones (excluding diaryl/α,β-unsaturated/α-hetero) is 3. The SMILES string of the molecule is CCC.CCCC(CC1CC(=O)c2c(C)ccc(C3=CC=C(CCC4CCCCC4)C3)c2C1)C(CC)C(=O)CC(C)=O. The maximum atomic E-state index is 13.5. The molecule has 1 fully saturated rings. The molecule has 0 bridgehead atoms. The van der Waals surface area contributed by atoms with Crippen LogP contribution in [0.2, 0.25) is 0 Å². The molecule has 0 spiro atoms. The van der Waals surface area contributed by atoms with E-state index in [9.17, 15) is 14.4 Å². The van der Waals surface area contributed by atoms with Crippen molar-refractivity contribution in [3.05, 3.63) is 52.1 Å². The summed E-state index contributed by atoms with van der Waals surface area (Å²) in [5.74, 6) is 1.61. The summed E-state index contributed by atoms with van der Waals surface area (Å²) in [6.45, 7) is 12.1. The molecule has 3 atom stereocenters. The summed E-state index contributed by atoms with van der Waals surface area (Å²) in [5, 5.41) is 0. The van der Waals surface area contributed by atoms with Crippen molar-refractivity contribution >= 4 is 22.9 Å². The quantitative estimate of drug-likeness (QED) is 0.220. The van der Waals surface area contributed by atoms with Crippen LogP contribution in [0.25, 0.3) is 5.57 Å². The van der Waals surface area contributed by atoms with Gasteiger partial charge in [0.25, 0.3) is 0 Å². The van der Waals surface area contributed by atoms with Crippen molar-refractivity contribution in [1.29, 1.82) is 0 Å². The fourth-order valence-electron chi connectivity index (χ4n) is 7.84. The van der Waals surface area contributed by atoms with Crippen LogP contribution in [-0.4, -0.2) is 17.3 Å². The van der Waals surface area contributed by atoms with Gasteiger partial charge in [0.05, 0.1) is 6.42 Å². The Morgan fingerprint density at radius 2 is 1.67 bits per heavy atom. The van der Waals surface area contributed by atoms with Crippen LogP contribution in [0.3, 0.4) is 0 Å². The number of hydrogen-bond acceptors (Lipinski definition) is 3. The molecule has 1 aromatic rings. The van der Waals surface area contributed by atoms with E-state index in [-0.39, 0.29) is 41.5 Å². The molecule has 3 unspecified atom stereocenters. The molecular weight excluding hydrogens is 516 g/mol.